The van der Waals surface area contributed by atoms with Crippen LogP contribution in [0, 0.1) is 0 Å². The maximum atomic E-state index is 12.7. The van der Waals surface area contributed by atoms with Crippen molar-refractivity contribution in [2.45, 2.75) is 12.6 Å². The van der Waals surface area contributed by atoms with Crippen molar-refractivity contribution in [3.63, 3.8) is 0 Å². The lowest BCUT2D eigenvalue weighted by atomic mass is 9.98. The summed E-state index contributed by atoms with van der Waals surface area (Å²) in [6.45, 7) is 0.600. The van der Waals surface area contributed by atoms with Crippen molar-refractivity contribution in [2.75, 3.05) is 5.32 Å². The van der Waals surface area contributed by atoms with Crippen LogP contribution >= 0.6 is 0 Å². The third kappa shape index (κ3) is 1.69. The Morgan fingerprint density at radius 3 is 2.74 bits per heavy atom. The van der Waals surface area contributed by atoms with E-state index >= 15 is 0 Å². The van der Waals surface area contributed by atoms with Crippen LogP contribution in [0.25, 0.3) is 5.69 Å². The molecule has 0 fully saturated rings. The van der Waals surface area contributed by atoms with Crippen molar-refractivity contribution in [2.24, 2.45) is 0 Å². The average Bonchev–Trinajstić information content (AvgIpc) is 3.00. The van der Waals surface area contributed by atoms with Gasteiger partial charge in [-0.05, 0) is 29.8 Å². The van der Waals surface area contributed by atoms with Gasteiger partial charge in [-0.2, -0.15) is 0 Å². The highest BCUT2D eigenvalue weighted by Crippen LogP contribution is 2.41. The zero-order valence-electron chi connectivity index (χ0n) is 12.4. The summed E-state index contributed by atoms with van der Waals surface area (Å²) in [6.07, 6.45) is 2.08. The van der Waals surface area contributed by atoms with Gasteiger partial charge in [0.15, 0.2) is 0 Å². The van der Waals surface area contributed by atoms with E-state index in [1.807, 2.05) is 41.3 Å². The van der Waals surface area contributed by atoms with Crippen LogP contribution in [-0.4, -0.2) is 15.5 Å². The number of amides is 2. The molecule has 23 heavy (non-hydrogen) atoms. The van der Waals surface area contributed by atoms with Gasteiger partial charge in [-0.3, -0.25) is 0 Å². The Balaban J connectivity index is 1.81. The molecule has 1 atom stereocenters. The topological polar surface area (TPSA) is 37.3 Å². The summed E-state index contributed by atoms with van der Waals surface area (Å²) in [5.41, 5.74) is 5.46. The van der Waals surface area contributed by atoms with E-state index in [9.17, 15) is 4.79 Å². The minimum atomic E-state index is -0.0673. The number of aromatic nitrogens is 1. The summed E-state index contributed by atoms with van der Waals surface area (Å²) in [6, 6.07) is 20.4. The van der Waals surface area contributed by atoms with Crippen LogP contribution in [0.2, 0.25) is 0 Å². The third-order valence-corrected chi connectivity index (χ3v) is 4.72. The highest BCUT2D eigenvalue weighted by Gasteiger charge is 2.37. The van der Waals surface area contributed by atoms with Crippen LogP contribution in [0.1, 0.15) is 22.9 Å². The molecule has 2 amide bonds. The van der Waals surface area contributed by atoms with Crippen molar-refractivity contribution < 1.29 is 4.79 Å². The number of urea groups is 1. The number of nitrogens with one attached hydrogen (secondary N) is 1. The number of hydrogen-bond donors (Lipinski definition) is 1. The lowest BCUT2D eigenvalue weighted by Gasteiger charge is -2.36. The van der Waals surface area contributed by atoms with E-state index < -0.39 is 0 Å². The fourth-order valence-electron chi connectivity index (χ4n) is 3.70. The van der Waals surface area contributed by atoms with Gasteiger partial charge in [-0.15, -0.1) is 0 Å². The maximum absolute atomic E-state index is 12.7. The van der Waals surface area contributed by atoms with E-state index in [2.05, 4.69) is 40.3 Å². The number of carbonyl (C=O) groups excluding carboxylic acids is 1. The van der Waals surface area contributed by atoms with E-state index in [-0.39, 0.29) is 12.1 Å². The molecule has 1 N–H and O–H groups in total. The summed E-state index contributed by atoms with van der Waals surface area (Å²) in [7, 11) is 0. The van der Waals surface area contributed by atoms with Crippen molar-refractivity contribution >= 4 is 11.7 Å². The molecule has 1 unspecified atom stereocenters. The number of nitrogens with zero attached hydrogens (tertiary/aromatic N) is 2. The molecule has 1 aromatic heterocycles. The van der Waals surface area contributed by atoms with Gasteiger partial charge in [0.2, 0.25) is 0 Å². The monoisotopic (exact) mass is 301 g/mol. The highest BCUT2D eigenvalue weighted by atomic mass is 16.2. The van der Waals surface area contributed by atoms with E-state index in [1.165, 1.54) is 0 Å². The smallest absolute Gasteiger partial charge is 0.318 e. The highest BCUT2D eigenvalue weighted by molar-refractivity contribution is 5.93. The summed E-state index contributed by atoms with van der Waals surface area (Å²) in [4.78, 5) is 14.6. The number of fused-ring (bicyclic) bond motifs is 7. The fraction of sp³-hybridized carbons (Fsp3) is 0.105. The molecule has 3 heterocycles. The second-order valence-electron chi connectivity index (χ2n) is 5.98. The minimum absolute atomic E-state index is 0.0434. The largest absolute Gasteiger partial charge is 0.322 e. The van der Waals surface area contributed by atoms with Crippen molar-refractivity contribution in [1.29, 1.82) is 0 Å². The SMILES string of the molecule is O=C1Nc2ccccc2C2c3cccn3-c3ccccc3CN12. The van der Waals surface area contributed by atoms with E-state index in [4.69, 9.17) is 0 Å². The number of carbonyl (C=O) groups is 1. The summed E-state index contributed by atoms with van der Waals surface area (Å²) in [5.74, 6) is 0. The number of benzene rings is 2. The molecule has 3 aromatic rings. The number of hydrogen-bond acceptors (Lipinski definition) is 1. The lowest BCUT2D eigenvalue weighted by molar-refractivity contribution is 0.191. The Kier molecular flexibility index (Phi) is 2.45. The predicted molar refractivity (Wildman–Crippen MR) is 88.6 cm³/mol. The second-order valence-corrected chi connectivity index (χ2v) is 5.98. The molecular formula is C19H15N3O. The lowest BCUT2D eigenvalue weighted by Crippen LogP contribution is -2.41. The van der Waals surface area contributed by atoms with Crippen molar-refractivity contribution in [1.82, 2.24) is 9.47 Å². The Bertz CT molecular complexity index is 928. The van der Waals surface area contributed by atoms with Gasteiger partial charge in [0.1, 0.15) is 6.04 Å². The van der Waals surface area contributed by atoms with Crippen LogP contribution in [-0.2, 0) is 6.54 Å². The molecule has 5 rings (SSSR count). The first kappa shape index (κ1) is 12.5. The van der Waals surface area contributed by atoms with Crippen LogP contribution in [0.15, 0.2) is 66.9 Å². The van der Waals surface area contributed by atoms with Gasteiger partial charge in [0.05, 0.1) is 17.9 Å². The Labute approximate surface area is 134 Å². The van der Waals surface area contributed by atoms with Crippen molar-refractivity contribution in [3.05, 3.63) is 83.7 Å². The summed E-state index contributed by atoms with van der Waals surface area (Å²) < 4.78 is 2.20. The Morgan fingerprint density at radius 1 is 0.957 bits per heavy atom. The molecule has 4 heteroatoms. The standard InChI is InChI=1S/C19H15N3O/c23-19-20-15-8-3-2-7-14(15)18-17-10-5-11-21(17)16-9-4-1-6-13(16)12-22(18)19/h1-11,18H,12H2,(H,20,23). The van der Waals surface area contributed by atoms with E-state index in [0.29, 0.717) is 6.54 Å². The molecule has 0 radical (unpaired) electrons. The molecule has 0 bridgehead atoms. The van der Waals surface area contributed by atoms with Crippen LogP contribution in [0.5, 0.6) is 0 Å². The molecule has 0 aliphatic carbocycles. The van der Waals surface area contributed by atoms with Crippen LogP contribution in [0.4, 0.5) is 10.5 Å². The molecule has 0 saturated carbocycles. The summed E-state index contributed by atoms with van der Waals surface area (Å²) >= 11 is 0. The first-order valence-electron chi connectivity index (χ1n) is 7.75. The van der Waals surface area contributed by atoms with Crippen molar-refractivity contribution in [3.8, 4) is 5.69 Å². The van der Waals surface area contributed by atoms with Gasteiger partial charge in [0, 0.05) is 17.4 Å². The molecule has 2 aromatic carbocycles. The van der Waals surface area contributed by atoms with E-state index in [0.717, 1.165) is 28.2 Å². The van der Waals surface area contributed by atoms with Gasteiger partial charge < -0.3 is 14.8 Å². The first-order valence-corrected chi connectivity index (χ1v) is 7.75. The molecule has 0 saturated heterocycles. The quantitative estimate of drug-likeness (QED) is 0.671. The Morgan fingerprint density at radius 2 is 1.78 bits per heavy atom. The van der Waals surface area contributed by atoms with Gasteiger partial charge >= 0.3 is 6.03 Å². The fourth-order valence-corrected chi connectivity index (χ4v) is 3.70. The summed E-state index contributed by atoms with van der Waals surface area (Å²) in [5, 5.41) is 3.02. The zero-order chi connectivity index (χ0) is 15.4. The van der Waals surface area contributed by atoms with Gasteiger partial charge in [-0.25, -0.2) is 4.79 Å². The van der Waals surface area contributed by atoms with Crippen LogP contribution < -0.4 is 5.32 Å². The molecular weight excluding hydrogens is 286 g/mol. The minimum Gasteiger partial charge on any atom is -0.318 e. The molecule has 112 valence electrons. The van der Waals surface area contributed by atoms with Gasteiger partial charge in [-0.1, -0.05) is 36.4 Å². The predicted octanol–water partition coefficient (Wildman–Crippen LogP) is 3.93. The normalized spacial score (nSPS) is 18.2. The molecule has 0 spiro atoms. The number of para-hydroxylation sites is 2. The number of anilines is 1. The van der Waals surface area contributed by atoms with Gasteiger partial charge in [0.25, 0.3) is 0 Å². The first-order chi connectivity index (χ1) is 11.3. The molecule has 4 nitrogen and oxygen atoms in total. The molecule has 2 aliphatic heterocycles. The molecule has 2 aliphatic rings. The maximum Gasteiger partial charge on any atom is 0.322 e. The van der Waals surface area contributed by atoms with Crippen LogP contribution in [0.3, 0.4) is 0 Å². The zero-order valence-corrected chi connectivity index (χ0v) is 12.4. The third-order valence-electron chi connectivity index (χ3n) is 4.72. The van der Waals surface area contributed by atoms with E-state index in [1.54, 1.807) is 0 Å². The second kappa shape index (κ2) is 4.49. The Hall–Kier alpha value is -3.01. The number of rotatable bonds is 0. The average molecular weight is 301 g/mol.